The summed E-state index contributed by atoms with van der Waals surface area (Å²) in [4.78, 5) is 0. The lowest BCUT2D eigenvalue weighted by molar-refractivity contribution is 0.443. The zero-order valence-electron chi connectivity index (χ0n) is 7.59. The van der Waals surface area contributed by atoms with Gasteiger partial charge in [0, 0.05) is 0 Å². The van der Waals surface area contributed by atoms with Crippen LogP contribution in [-0.2, 0) is 0 Å². The molecule has 1 nitrogen and oxygen atoms in total. The fourth-order valence-corrected chi connectivity index (χ4v) is 1.53. The van der Waals surface area contributed by atoms with Crippen LogP contribution in [0, 0.1) is 11.8 Å². The van der Waals surface area contributed by atoms with Crippen LogP contribution in [0.25, 0.3) is 0 Å². The van der Waals surface area contributed by atoms with Crippen molar-refractivity contribution in [2.45, 2.75) is 33.4 Å². The van der Waals surface area contributed by atoms with Crippen molar-refractivity contribution in [2.24, 2.45) is 17.6 Å². The molecule has 0 aliphatic heterocycles. The van der Waals surface area contributed by atoms with E-state index in [0.29, 0.717) is 11.7 Å². The minimum atomic E-state index is 0.630. The third kappa shape index (κ3) is 2.74. The Morgan fingerprint density at radius 1 is 1.30 bits per heavy atom. The number of hydrogen-bond acceptors (Lipinski definition) is 1. The molecule has 59 valence electrons. The third-order valence-electron chi connectivity index (χ3n) is 2.18. The van der Waals surface area contributed by atoms with Gasteiger partial charge in [0.1, 0.15) is 7.28 Å². The first kappa shape index (κ1) is 10.0. The molecule has 2 heteroatoms. The summed E-state index contributed by atoms with van der Waals surface area (Å²) >= 11 is 0. The van der Waals surface area contributed by atoms with Crippen LogP contribution in [0.1, 0.15) is 20.8 Å². The molecule has 0 aromatic rings. The molecule has 0 saturated carbocycles. The van der Waals surface area contributed by atoms with E-state index in [4.69, 9.17) is 5.73 Å². The predicted molar refractivity (Wildman–Crippen MR) is 48.4 cm³/mol. The molecule has 0 saturated heterocycles. The van der Waals surface area contributed by atoms with E-state index in [1.54, 1.807) is 0 Å². The van der Waals surface area contributed by atoms with E-state index in [2.05, 4.69) is 34.9 Å². The summed E-state index contributed by atoms with van der Waals surface area (Å²) in [5.74, 6) is 2.04. The normalized spacial score (nSPS) is 17.0. The summed E-state index contributed by atoms with van der Waals surface area (Å²) < 4.78 is 0. The minimum absolute atomic E-state index is 0.630. The van der Waals surface area contributed by atoms with E-state index >= 15 is 0 Å². The maximum atomic E-state index is 5.57. The lowest BCUT2D eigenvalue weighted by Crippen LogP contribution is -2.23. The molecule has 2 atom stereocenters. The summed E-state index contributed by atoms with van der Waals surface area (Å²) in [7, 11) is 2.27. The topological polar surface area (TPSA) is 26.0 Å². The molecule has 0 bridgehead atoms. The van der Waals surface area contributed by atoms with E-state index in [1.807, 2.05) is 0 Å². The van der Waals surface area contributed by atoms with Gasteiger partial charge in [-0.15, -0.1) is 0 Å². The average molecular weight is 140 g/mol. The highest BCUT2D eigenvalue weighted by atomic mass is 14.5. The number of hydrogen-bond donors (Lipinski definition) is 1. The first-order chi connectivity index (χ1) is 4.63. The van der Waals surface area contributed by atoms with Gasteiger partial charge in [0.2, 0.25) is 0 Å². The Bertz CT molecular complexity index is 83.3. The smallest absolute Gasteiger partial charge is 0.110 e. The fourth-order valence-electron chi connectivity index (χ4n) is 1.53. The molecule has 1 unspecified atom stereocenters. The Balaban J connectivity index is 3.80. The molecule has 0 fully saturated rings. The van der Waals surface area contributed by atoms with Gasteiger partial charge in [-0.3, -0.25) is 0 Å². The van der Waals surface area contributed by atoms with Gasteiger partial charge in [0.15, 0.2) is 0 Å². The highest BCUT2D eigenvalue weighted by molar-refractivity contribution is 6.35. The molecule has 0 aromatic heterocycles. The van der Waals surface area contributed by atoms with Crippen LogP contribution in [0.2, 0.25) is 12.6 Å². The van der Waals surface area contributed by atoms with Crippen LogP contribution in [0.5, 0.6) is 0 Å². The third-order valence-corrected chi connectivity index (χ3v) is 2.18. The Morgan fingerprint density at radius 2 is 1.80 bits per heavy atom. The molecular formula is C8H19BN. The summed E-state index contributed by atoms with van der Waals surface area (Å²) in [6.07, 6.45) is 0. The van der Waals surface area contributed by atoms with Crippen LogP contribution in [0.3, 0.4) is 0 Å². The summed E-state index contributed by atoms with van der Waals surface area (Å²) in [6, 6.07) is 0. The Kier molecular flexibility index (Phi) is 4.79. The van der Waals surface area contributed by atoms with E-state index < -0.39 is 0 Å². The molecule has 0 spiro atoms. The molecule has 0 aliphatic rings. The maximum Gasteiger partial charge on any atom is 0.110 e. The Labute approximate surface area is 65.6 Å². The highest BCUT2D eigenvalue weighted by Crippen LogP contribution is 2.24. The minimum Gasteiger partial charge on any atom is -0.330 e. The highest BCUT2D eigenvalue weighted by Gasteiger charge is 2.17. The predicted octanol–water partition coefficient (Wildman–Crippen LogP) is 1.78. The standard InChI is InChI=1S/C8H19BN/c1-6(2)8(9-4)7(3)5-10/h6-8H,5,10H2,1-4H3/t7-,8?/m0/s1. The van der Waals surface area contributed by atoms with Gasteiger partial charge >= 0.3 is 0 Å². The Hall–Kier alpha value is 0.0249. The van der Waals surface area contributed by atoms with Gasteiger partial charge in [-0.05, 0) is 12.5 Å². The van der Waals surface area contributed by atoms with Gasteiger partial charge in [0.05, 0.1) is 0 Å². The first-order valence-corrected chi connectivity index (χ1v) is 4.13. The second kappa shape index (κ2) is 4.78. The SMILES string of the molecule is C[B]C(C(C)C)[C@@H](C)CN. The van der Waals surface area contributed by atoms with Crippen LogP contribution < -0.4 is 5.73 Å². The molecule has 1 radical (unpaired) electrons. The zero-order valence-corrected chi connectivity index (χ0v) is 7.59. The van der Waals surface area contributed by atoms with Crippen LogP contribution in [0.15, 0.2) is 0 Å². The Morgan fingerprint density at radius 3 is 1.90 bits per heavy atom. The molecule has 0 heterocycles. The van der Waals surface area contributed by atoms with Gasteiger partial charge in [-0.25, -0.2) is 0 Å². The monoisotopic (exact) mass is 140 g/mol. The van der Waals surface area contributed by atoms with Crippen molar-refractivity contribution in [1.29, 1.82) is 0 Å². The first-order valence-electron chi connectivity index (χ1n) is 4.13. The molecule has 0 aliphatic carbocycles. The van der Waals surface area contributed by atoms with E-state index in [-0.39, 0.29) is 0 Å². The van der Waals surface area contributed by atoms with Crippen molar-refractivity contribution < 1.29 is 0 Å². The summed E-state index contributed by atoms with van der Waals surface area (Å²) in [5.41, 5.74) is 5.57. The maximum absolute atomic E-state index is 5.57. The van der Waals surface area contributed by atoms with Crippen LogP contribution in [0.4, 0.5) is 0 Å². The fraction of sp³-hybridized carbons (Fsp3) is 1.00. The second-order valence-electron chi connectivity index (χ2n) is 3.37. The van der Waals surface area contributed by atoms with E-state index in [1.165, 1.54) is 0 Å². The van der Waals surface area contributed by atoms with Crippen molar-refractivity contribution in [3.63, 3.8) is 0 Å². The van der Waals surface area contributed by atoms with Gasteiger partial charge < -0.3 is 5.73 Å². The van der Waals surface area contributed by atoms with Crippen LogP contribution in [-0.4, -0.2) is 13.8 Å². The van der Waals surface area contributed by atoms with Crippen molar-refractivity contribution in [3.05, 3.63) is 0 Å². The van der Waals surface area contributed by atoms with Crippen molar-refractivity contribution in [2.75, 3.05) is 6.54 Å². The lowest BCUT2D eigenvalue weighted by Gasteiger charge is -2.24. The van der Waals surface area contributed by atoms with Gasteiger partial charge in [0.25, 0.3) is 0 Å². The average Bonchev–Trinajstić information content (AvgIpc) is 1.88. The summed E-state index contributed by atoms with van der Waals surface area (Å²) in [5, 5.41) is 0. The second-order valence-corrected chi connectivity index (χ2v) is 3.37. The van der Waals surface area contributed by atoms with Crippen molar-refractivity contribution >= 4 is 7.28 Å². The molecule has 2 N–H and O–H groups in total. The summed E-state index contributed by atoms with van der Waals surface area (Å²) in [6.45, 7) is 9.63. The number of rotatable bonds is 4. The molecule has 0 aromatic carbocycles. The zero-order chi connectivity index (χ0) is 8.15. The lowest BCUT2D eigenvalue weighted by atomic mass is 9.57. The van der Waals surface area contributed by atoms with Gasteiger partial charge in [-0.2, -0.15) is 0 Å². The molecule has 0 rings (SSSR count). The quantitative estimate of drug-likeness (QED) is 0.591. The van der Waals surface area contributed by atoms with Gasteiger partial charge in [-0.1, -0.05) is 39.3 Å². The molecular weight excluding hydrogens is 121 g/mol. The van der Waals surface area contributed by atoms with Crippen molar-refractivity contribution in [1.82, 2.24) is 0 Å². The van der Waals surface area contributed by atoms with E-state index in [0.717, 1.165) is 12.5 Å². The molecule has 0 amide bonds. The largest absolute Gasteiger partial charge is 0.330 e. The van der Waals surface area contributed by atoms with Crippen molar-refractivity contribution in [3.8, 4) is 0 Å². The number of nitrogens with two attached hydrogens (primary N) is 1. The molecule has 10 heavy (non-hydrogen) atoms. The van der Waals surface area contributed by atoms with Crippen LogP contribution >= 0.6 is 0 Å². The van der Waals surface area contributed by atoms with E-state index in [9.17, 15) is 0 Å².